The molecule has 0 N–H and O–H groups in total. The monoisotopic (exact) mass is 383 g/mol. The fourth-order valence-corrected chi connectivity index (χ4v) is 3.92. The second-order valence-corrected chi connectivity index (χ2v) is 7.63. The number of sulfonamides is 1. The van der Waals surface area contributed by atoms with E-state index in [1.807, 2.05) is 0 Å². The molecule has 0 saturated carbocycles. The van der Waals surface area contributed by atoms with Crippen molar-refractivity contribution in [3.05, 3.63) is 58.6 Å². The van der Waals surface area contributed by atoms with Crippen LogP contribution in [0.25, 0.3) is 0 Å². The molecule has 0 saturated heterocycles. The molecule has 0 bridgehead atoms. The zero-order valence-electron chi connectivity index (χ0n) is 14.0. The highest BCUT2D eigenvalue weighted by atomic mass is 35.5. The molecule has 0 aliphatic heterocycles. The number of carbonyl (C=O) groups is 1. The molecule has 0 radical (unpaired) electrons. The predicted octanol–water partition coefficient (Wildman–Crippen LogP) is 2.96. The molecule has 2 aromatic carbocycles. The van der Waals surface area contributed by atoms with Crippen LogP contribution < -0.4 is 4.74 Å². The zero-order valence-corrected chi connectivity index (χ0v) is 15.6. The number of hydrogen-bond acceptors (Lipinski definition) is 5. The van der Waals surface area contributed by atoms with Crippen molar-refractivity contribution in [2.45, 2.75) is 11.4 Å². The van der Waals surface area contributed by atoms with Crippen LogP contribution in [0.1, 0.15) is 15.9 Å². The minimum absolute atomic E-state index is 0.0273. The van der Waals surface area contributed by atoms with Crippen molar-refractivity contribution >= 4 is 27.6 Å². The van der Waals surface area contributed by atoms with Crippen LogP contribution in [0.4, 0.5) is 0 Å². The van der Waals surface area contributed by atoms with Gasteiger partial charge in [-0.1, -0.05) is 29.8 Å². The van der Waals surface area contributed by atoms with E-state index in [-0.39, 0.29) is 22.0 Å². The lowest BCUT2D eigenvalue weighted by atomic mass is 10.2. The van der Waals surface area contributed by atoms with Gasteiger partial charge in [0.25, 0.3) is 0 Å². The summed E-state index contributed by atoms with van der Waals surface area (Å²) in [4.78, 5) is 11.5. The average molecular weight is 384 g/mol. The lowest BCUT2D eigenvalue weighted by Gasteiger charge is -2.19. The van der Waals surface area contributed by atoms with Crippen molar-refractivity contribution < 1.29 is 22.7 Å². The molecule has 2 aromatic rings. The maximum atomic E-state index is 12.9. The summed E-state index contributed by atoms with van der Waals surface area (Å²) >= 11 is 6.05. The molecular weight excluding hydrogens is 366 g/mol. The van der Waals surface area contributed by atoms with Gasteiger partial charge in [-0.2, -0.15) is 4.31 Å². The first-order valence-corrected chi connectivity index (χ1v) is 9.09. The van der Waals surface area contributed by atoms with Crippen molar-refractivity contribution in [3.8, 4) is 5.75 Å². The molecule has 2 rings (SSSR count). The van der Waals surface area contributed by atoms with Crippen molar-refractivity contribution in [1.29, 1.82) is 0 Å². The van der Waals surface area contributed by atoms with E-state index in [0.717, 1.165) is 4.31 Å². The fraction of sp³-hybridized carbons (Fsp3) is 0.235. The number of rotatable bonds is 6. The number of nitrogens with zero attached hydrogens (tertiary/aromatic N) is 1. The number of para-hydroxylation sites is 1. The maximum Gasteiger partial charge on any atom is 0.337 e. The van der Waals surface area contributed by atoms with Crippen LogP contribution in [0.3, 0.4) is 0 Å². The fourth-order valence-electron chi connectivity index (χ4n) is 2.27. The molecular formula is C17H18ClNO5S. The molecule has 8 heteroatoms. The number of halogens is 1. The van der Waals surface area contributed by atoms with E-state index in [1.54, 1.807) is 24.3 Å². The first kappa shape index (κ1) is 19.2. The van der Waals surface area contributed by atoms with Crippen molar-refractivity contribution in [3.63, 3.8) is 0 Å². The summed E-state index contributed by atoms with van der Waals surface area (Å²) in [6.45, 7) is 0.0884. The largest absolute Gasteiger partial charge is 0.496 e. The third-order valence-corrected chi connectivity index (χ3v) is 5.91. The Bertz CT molecular complexity index is 882. The topological polar surface area (TPSA) is 72.9 Å². The van der Waals surface area contributed by atoms with Crippen LogP contribution in [0, 0.1) is 0 Å². The molecule has 0 amide bonds. The molecule has 0 heterocycles. The Morgan fingerprint density at radius 3 is 2.48 bits per heavy atom. The van der Waals surface area contributed by atoms with Gasteiger partial charge in [-0.25, -0.2) is 13.2 Å². The molecule has 0 spiro atoms. The zero-order chi connectivity index (χ0) is 18.6. The summed E-state index contributed by atoms with van der Waals surface area (Å²) in [6.07, 6.45) is 0. The van der Waals surface area contributed by atoms with E-state index < -0.39 is 16.0 Å². The summed E-state index contributed by atoms with van der Waals surface area (Å²) in [5.74, 6) is -0.0561. The SMILES string of the molecule is COC(=O)c1ccc(Cl)c(S(=O)(=O)N(C)Cc2ccccc2OC)c1. The van der Waals surface area contributed by atoms with Crippen molar-refractivity contribution in [2.75, 3.05) is 21.3 Å². The highest BCUT2D eigenvalue weighted by molar-refractivity contribution is 7.89. The van der Waals surface area contributed by atoms with E-state index in [0.29, 0.717) is 11.3 Å². The summed E-state index contributed by atoms with van der Waals surface area (Å²) in [6, 6.07) is 11.1. The van der Waals surface area contributed by atoms with E-state index in [9.17, 15) is 13.2 Å². The lowest BCUT2D eigenvalue weighted by molar-refractivity contribution is 0.0600. The molecule has 6 nitrogen and oxygen atoms in total. The van der Waals surface area contributed by atoms with Gasteiger partial charge < -0.3 is 9.47 Å². The second kappa shape index (κ2) is 7.86. The van der Waals surface area contributed by atoms with Crippen LogP contribution in [-0.2, 0) is 21.3 Å². The molecule has 25 heavy (non-hydrogen) atoms. The lowest BCUT2D eigenvalue weighted by Crippen LogP contribution is -2.27. The molecule has 0 aliphatic carbocycles. The molecule has 0 aromatic heterocycles. The van der Waals surface area contributed by atoms with E-state index >= 15 is 0 Å². The van der Waals surface area contributed by atoms with Crippen LogP contribution in [0.15, 0.2) is 47.4 Å². The molecule has 0 fully saturated rings. The molecule has 0 aliphatic rings. The first-order valence-electron chi connectivity index (χ1n) is 7.27. The normalized spacial score (nSPS) is 11.4. The van der Waals surface area contributed by atoms with Gasteiger partial charge in [0.2, 0.25) is 10.0 Å². The predicted molar refractivity (Wildman–Crippen MR) is 94.4 cm³/mol. The Labute approximate surface area is 152 Å². The van der Waals surface area contributed by atoms with Crippen LogP contribution >= 0.6 is 11.6 Å². The number of benzene rings is 2. The van der Waals surface area contributed by atoms with Gasteiger partial charge in [0.05, 0.1) is 24.8 Å². The minimum atomic E-state index is -3.92. The Hall–Kier alpha value is -2.09. The minimum Gasteiger partial charge on any atom is -0.496 e. The average Bonchev–Trinajstić information content (AvgIpc) is 2.61. The molecule has 0 atom stereocenters. The number of ether oxygens (including phenoxy) is 2. The maximum absolute atomic E-state index is 12.9. The summed E-state index contributed by atoms with van der Waals surface area (Å²) in [5, 5.41) is 0.0273. The van der Waals surface area contributed by atoms with Crippen LogP contribution in [0.5, 0.6) is 5.75 Å². The van der Waals surface area contributed by atoms with Gasteiger partial charge in [0.15, 0.2) is 0 Å². The number of methoxy groups -OCH3 is 2. The molecule has 0 unspecified atom stereocenters. The van der Waals surface area contributed by atoms with E-state index in [4.69, 9.17) is 16.3 Å². The van der Waals surface area contributed by atoms with Gasteiger partial charge in [0, 0.05) is 19.2 Å². The number of hydrogen-bond donors (Lipinski definition) is 0. The van der Waals surface area contributed by atoms with Gasteiger partial charge in [-0.05, 0) is 24.3 Å². The quantitative estimate of drug-likeness (QED) is 0.717. The van der Waals surface area contributed by atoms with Gasteiger partial charge >= 0.3 is 5.97 Å². The summed E-state index contributed by atoms with van der Waals surface area (Å²) in [7, 11) is 0.253. The third-order valence-electron chi connectivity index (χ3n) is 3.63. The van der Waals surface area contributed by atoms with Crippen molar-refractivity contribution in [2.24, 2.45) is 0 Å². The Morgan fingerprint density at radius 2 is 1.84 bits per heavy atom. The Morgan fingerprint density at radius 1 is 1.16 bits per heavy atom. The number of carbonyl (C=O) groups excluding carboxylic acids is 1. The Balaban J connectivity index is 2.39. The highest BCUT2D eigenvalue weighted by Gasteiger charge is 2.26. The Kier molecular flexibility index (Phi) is 6.05. The van der Waals surface area contributed by atoms with Crippen LogP contribution in [0.2, 0.25) is 5.02 Å². The smallest absolute Gasteiger partial charge is 0.337 e. The highest BCUT2D eigenvalue weighted by Crippen LogP contribution is 2.28. The summed E-state index contributed by atoms with van der Waals surface area (Å²) in [5.41, 5.74) is 0.812. The third kappa shape index (κ3) is 4.12. The van der Waals surface area contributed by atoms with Crippen LogP contribution in [-0.4, -0.2) is 40.0 Å². The van der Waals surface area contributed by atoms with Gasteiger partial charge in [-0.15, -0.1) is 0 Å². The van der Waals surface area contributed by atoms with Gasteiger partial charge in [0.1, 0.15) is 10.6 Å². The van der Waals surface area contributed by atoms with E-state index in [2.05, 4.69) is 4.74 Å². The number of esters is 1. The van der Waals surface area contributed by atoms with Gasteiger partial charge in [-0.3, -0.25) is 0 Å². The summed E-state index contributed by atoms with van der Waals surface area (Å²) < 4.78 is 36.8. The standard InChI is InChI=1S/C17H18ClNO5S/c1-19(11-13-6-4-5-7-15(13)23-2)25(21,22)16-10-12(17(20)24-3)8-9-14(16)18/h4-10H,11H2,1-3H3. The first-order chi connectivity index (χ1) is 11.8. The van der Waals surface area contributed by atoms with E-state index in [1.165, 1.54) is 39.5 Å². The van der Waals surface area contributed by atoms with Crippen molar-refractivity contribution in [1.82, 2.24) is 4.31 Å². The molecule has 134 valence electrons. The second-order valence-electron chi connectivity index (χ2n) is 5.21.